The molecule has 8 heteroatoms. The third kappa shape index (κ3) is 2.00. The number of aromatic nitrogens is 5. The first kappa shape index (κ1) is 12.2. The second-order valence-corrected chi connectivity index (χ2v) is 5.42. The van der Waals surface area contributed by atoms with Crippen molar-refractivity contribution >= 4 is 16.3 Å². The second-order valence-electron chi connectivity index (χ2n) is 4.46. The molecule has 0 N–H and O–H groups in total. The fourth-order valence-electron chi connectivity index (χ4n) is 1.96. The molecule has 0 spiro atoms. The highest BCUT2D eigenvalue weighted by Crippen LogP contribution is 2.28. The molecule has 0 unspecified atom stereocenters. The van der Waals surface area contributed by atoms with Gasteiger partial charge in [0.1, 0.15) is 5.82 Å². The summed E-state index contributed by atoms with van der Waals surface area (Å²) in [7, 11) is 0. The summed E-state index contributed by atoms with van der Waals surface area (Å²) >= 11 is 1.35. The molecule has 0 amide bonds. The number of fused-ring (bicyclic) bond motifs is 1. The predicted molar refractivity (Wildman–Crippen MR) is 74.3 cm³/mol. The van der Waals surface area contributed by atoms with Crippen molar-refractivity contribution in [3.63, 3.8) is 0 Å². The second kappa shape index (κ2) is 4.45. The normalized spacial score (nSPS) is 11.3. The van der Waals surface area contributed by atoms with E-state index in [0.717, 1.165) is 11.3 Å². The van der Waals surface area contributed by atoms with Crippen LogP contribution < -0.4 is 0 Å². The third-order valence-electron chi connectivity index (χ3n) is 2.93. The molecule has 6 nitrogen and oxygen atoms in total. The van der Waals surface area contributed by atoms with Gasteiger partial charge in [0, 0.05) is 11.6 Å². The van der Waals surface area contributed by atoms with E-state index in [4.69, 9.17) is 4.52 Å². The fraction of sp³-hybridized carbons (Fsp3) is 0.0769. The van der Waals surface area contributed by atoms with Crippen molar-refractivity contribution in [1.82, 2.24) is 25.0 Å². The summed E-state index contributed by atoms with van der Waals surface area (Å²) in [6, 6.07) is 7.85. The Kier molecular flexibility index (Phi) is 2.58. The highest BCUT2D eigenvalue weighted by molar-refractivity contribution is 7.19. The minimum atomic E-state index is -0.296. The van der Waals surface area contributed by atoms with Crippen LogP contribution in [0, 0.1) is 12.7 Å². The molecule has 3 aromatic heterocycles. The zero-order valence-corrected chi connectivity index (χ0v) is 11.6. The van der Waals surface area contributed by atoms with Crippen LogP contribution in [-0.2, 0) is 0 Å². The van der Waals surface area contributed by atoms with E-state index in [2.05, 4.69) is 20.5 Å². The molecule has 4 aromatic rings. The molecule has 1 aromatic carbocycles. The van der Waals surface area contributed by atoms with Gasteiger partial charge in [-0.1, -0.05) is 16.5 Å². The average Bonchev–Trinajstić information content (AvgIpc) is 3.14. The molecule has 0 atom stereocenters. The van der Waals surface area contributed by atoms with Gasteiger partial charge in [0.25, 0.3) is 0 Å². The molecule has 0 aliphatic heterocycles. The summed E-state index contributed by atoms with van der Waals surface area (Å²) < 4.78 is 19.8. The summed E-state index contributed by atoms with van der Waals surface area (Å²) in [4.78, 5) is 0.637. The van der Waals surface area contributed by atoms with Crippen LogP contribution in [0.2, 0.25) is 0 Å². The Labute approximate surface area is 121 Å². The van der Waals surface area contributed by atoms with Crippen molar-refractivity contribution in [3.05, 3.63) is 41.8 Å². The quantitative estimate of drug-likeness (QED) is 0.569. The van der Waals surface area contributed by atoms with Crippen LogP contribution in [0.25, 0.3) is 27.1 Å². The Hall–Kier alpha value is -2.61. The fourth-order valence-corrected chi connectivity index (χ4v) is 2.75. The Bertz CT molecular complexity index is 924. The molecular formula is C13H8FN5OS. The van der Waals surface area contributed by atoms with Crippen LogP contribution in [0.3, 0.4) is 0 Å². The molecule has 0 radical (unpaired) electrons. The lowest BCUT2D eigenvalue weighted by atomic mass is 10.2. The molecule has 0 aliphatic carbocycles. The van der Waals surface area contributed by atoms with E-state index in [-0.39, 0.29) is 5.82 Å². The molecule has 0 fully saturated rings. The summed E-state index contributed by atoms with van der Waals surface area (Å²) in [6.07, 6.45) is 0. The van der Waals surface area contributed by atoms with E-state index >= 15 is 0 Å². The van der Waals surface area contributed by atoms with Gasteiger partial charge in [0.05, 0.1) is 5.69 Å². The molecule has 0 aliphatic rings. The summed E-state index contributed by atoms with van der Waals surface area (Å²) in [6.45, 7) is 1.84. The first-order valence-electron chi connectivity index (χ1n) is 6.12. The summed E-state index contributed by atoms with van der Waals surface area (Å²) in [5, 5.41) is 17.1. The molecule has 104 valence electrons. The van der Waals surface area contributed by atoms with Crippen molar-refractivity contribution in [2.24, 2.45) is 0 Å². The highest BCUT2D eigenvalue weighted by atomic mass is 32.1. The first-order chi connectivity index (χ1) is 10.2. The zero-order valence-electron chi connectivity index (χ0n) is 10.8. The lowest BCUT2D eigenvalue weighted by molar-refractivity contribution is 0.426. The van der Waals surface area contributed by atoms with E-state index in [9.17, 15) is 4.39 Å². The van der Waals surface area contributed by atoms with Crippen LogP contribution in [0.15, 0.2) is 34.9 Å². The van der Waals surface area contributed by atoms with Gasteiger partial charge < -0.3 is 4.52 Å². The van der Waals surface area contributed by atoms with E-state index in [1.807, 2.05) is 13.0 Å². The standard InChI is InChI=1S/C13H8FN5OS/c1-7-6-10(20-18-7)12-17-19-11(15-16-13(19)21-12)8-2-4-9(14)5-3-8/h2-6H,1H3. The van der Waals surface area contributed by atoms with Crippen LogP contribution >= 0.6 is 11.3 Å². The molecule has 21 heavy (non-hydrogen) atoms. The number of halogens is 1. The van der Waals surface area contributed by atoms with Crippen LogP contribution in [0.5, 0.6) is 0 Å². The lowest BCUT2D eigenvalue weighted by Gasteiger charge is -1.96. The van der Waals surface area contributed by atoms with Crippen molar-refractivity contribution in [2.75, 3.05) is 0 Å². The molecular weight excluding hydrogens is 293 g/mol. The van der Waals surface area contributed by atoms with Gasteiger partial charge in [-0.15, -0.1) is 15.3 Å². The van der Waals surface area contributed by atoms with Gasteiger partial charge in [-0.2, -0.15) is 4.52 Å². The monoisotopic (exact) mass is 301 g/mol. The van der Waals surface area contributed by atoms with E-state index < -0.39 is 0 Å². The topological polar surface area (TPSA) is 69.1 Å². The number of benzene rings is 1. The Balaban J connectivity index is 1.84. The number of nitrogens with zero attached hydrogens (tertiary/aromatic N) is 5. The highest BCUT2D eigenvalue weighted by Gasteiger charge is 2.16. The van der Waals surface area contributed by atoms with Crippen LogP contribution in [0.4, 0.5) is 4.39 Å². The number of hydrogen-bond donors (Lipinski definition) is 0. The molecule has 4 rings (SSSR count). The van der Waals surface area contributed by atoms with Crippen molar-refractivity contribution in [1.29, 1.82) is 0 Å². The molecule has 0 saturated heterocycles. The maximum absolute atomic E-state index is 13.0. The minimum Gasteiger partial charge on any atom is -0.353 e. The first-order valence-corrected chi connectivity index (χ1v) is 6.94. The van der Waals surface area contributed by atoms with Gasteiger partial charge in [0.15, 0.2) is 16.6 Å². The van der Waals surface area contributed by atoms with Crippen molar-refractivity contribution in [2.45, 2.75) is 6.92 Å². The van der Waals surface area contributed by atoms with E-state index in [1.165, 1.54) is 23.5 Å². The lowest BCUT2D eigenvalue weighted by Crippen LogP contribution is -1.90. The summed E-state index contributed by atoms with van der Waals surface area (Å²) in [5.74, 6) is 0.854. The van der Waals surface area contributed by atoms with E-state index in [1.54, 1.807) is 16.6 Å². The smallest absolute Gasteiger partial charge is 0.235 e. The van der Waals surface area contributed by atoms with E-state index in [0.29, 0.717) is 21.6 Å². The van der Waals surface area contributed by atoms with Gasteiger partial charge in [0.2, 0.25) is 4.96 Å². The maximum Gasteiger partial charge on any atom is 0.235 e. The Morgan fingerprint density at radius 1 is 1.19 bits per heavy atom. The average molecular weight is 301 g/mol. The third-order valence-corrected chi connectivity index (χ3v) is 3.85. The SMILES string of the molecule is Cc1cc(-c2nn3c(-c4ccc(F)cc4)nnc3s2)on1. The zero-order chi connectivity index (χ0) is 14.4. The number of hydrogen-bond acceptors (Lipinski definition) is 6. The van der Waals surface area contributed by atoms with Crippen molar-refractivity contribution < 1.29 is 8.91 Å². The van der Waals surface area contributed by atoms with Gasteiger partial charge >= 0.3 is 0 Å². The molecule has 0 bridgehead atoms. The van der Waals surface area contributed by atoms with Crippen molar-refractivity contribution in [3.8, 4) is 22.2 Å². The van der Waals surface area contributed by atoms with Gasteiger partial charge in [-0.3, -0.25) is 0 Å². The largest absolute Gasteiger partial charge is 0.353 e. The predicted octanol–water partition coefficient (Wildman–Crippen LogP) is 2.96. The van der Waals surface area contributed by atoms with Gasteiger partial charge in [-0.05, 0) is 31.2 Å². The number of aryl methyl sites for hydroxylation is 1. The summed E-state index contributed by atoms with van der Waals surface area (Å²) in [5.41, 5.74) is 1.53. The Morgan fingerprint density at radius 3 is 2.71 bits per heavy atom. The Morgan fingerprint density at radius 2 is 2.00 bits per heavy atom. The molecule has 0 saturated carbocycles. The van der Waals surface area contributed by atoms with Crippen LogP contribution in [-0.4, -0.2) is 25.0 Å². The number of rotatable bonds is 2. The van der Waals surface area contributed by atoms with Gasteiger partial charge in [-0.25, -0.2) is 4.39 Å². The van der Waals surface area contributed by atoms with Crippen LogP contribution in [0.1, 0.15) is 5.69 Å². The minimum absolute atomic E-state index is 0.296. The maximum atomic E-state index is 13.0. The molecule has 3 heterocycles.